The van der Waals surface area contributed by atoms with Gasteiger partial charge in [-0.25, -0.2) is 0 Å². The first kappa shape index (κ1) is 11.8. The smallest absolute Gasteiger partial charge is 0.251 e. The van der Waals surface area contributed by atoms with Crippen LogP contribution in [0, 0.1) is 0 Å². The predicted molar refractivity (Wildman–Crippen MR) is 58.8 cm³/mol. The van der Waals surface area contributed by atoms with Gasteiger partial charge in [0.15, 0.2) is 0 Å². The molecule has 5 nitrogen and oxygen atoms in total. The number of rotatable bonds is 2. The van der Waals surface area contributed by atoms with E-state index in [2.05, 4.69) is 0 Å². The Morgan fingerprint density at radius 1 is 1.50 bits per heavy atom. The maximum absolute atomic E-state index is 12.0. The summed E-state index contributed by atoms with van der Waals surface area (Å²) < 4.78 is 5.37. The van der Waals surface area contributed by atoms with Crippen LogP contribution in [0.25, 0.3) is 0 Å². The van der Waals surface area contributed by atoms with Crippen LogP contribution in [0.15, 0.2) is 0 Å². The van der Waals surface area contributed by atoms with Gasteiger partial charge in [0.2, 0.25) is 0 Å². The lowest BCUT2D eigenvalue weighted by molar-refractivity contribution is -0.144. The molecular formula is C11H20N2O3. The third kappa shape index (κ3) is 2.36. The summed E-state index contributed by atoms with van der Waals surface area (Å²) >= 11 is 0. The Balaban J connectivity index is 1.86. The highest BCUT2D eigenvalue weighted by molar-refractivity contribution is 5.81. The van der Waals surface area contributed by atoms with Crippen LogP contribution in [-0.2, 0) is 9.53 Å². The molecule has 2 rings (SSSR count). The van der Waals surface area contributed by atoms with Crippen molar-refractivity contribution in [1.82, 2.24) is 4.90 Å². The zero-order chi connectivity index (χ0) is 11.6. The van der Waals surface area contributed by atoms with Crippen molar-refractivity contribution in [3.63, 3.8) is 0 Å². The Bertz CT molecular complexity index is 256. The van der Waals surface area contributed by atoms with Gasteiger partial charge in [-0.2, -0.15) is 0 Å². The van der Waals surface area contributed by atoms with Crippen molar-refractivity contribution < 1.29 is 14.6 Å². The van der Waals surface area contributed by atoms with Crippen LogP contribution in [0.4, 0.5) is 0 Å². The summed E-state index contributed by atoms with van der Waals surface area (Å²) in [6, 6.07) is 0. The molecule has 1 atom stereocenters. The van der Waals surface area contributed by atoms with Gasteiger partial charge in [-0.1, -0.05) is 0 Å². The normalized spacial score (nSPS) is 29.4. The zero-order valence-electron chi connectivity index (χ0n) is 9.52. The number of carbonyl (C=O) groups excluding carboxylic acids is 1. The van der Waals surface area contributed by atoms with Crippen molar-refractivity contribution in [2.75, 3.05) is 26.2 Å². The molecule has 1 amide bonds. The van der Waals surface area contributed by atoms with Crippen molar-refractivity contribution in [3.8, 4) is 0 Å². The Morgan fingerprint density at radius 3 is 2.69 bits per heavy atom. The molecule has 0 radical (unpaired) electrons. The van der Waals surface area contributed by atoms with Gasteiger partial charge in [0.1, 0.15) is 6.10 Å². The van der Waals surface area contributed by atoms with Crippen LogP contribution in [0.1, 0.15) is 25.7 Å². The van der Waals surface area contributed by atoms with Gasteiger partial charge in [-0.15, -0.1) is 0 Å². The Morgan fingerprint density at radius 2 is 2.19 bits per heavy atom. The lowest BCUT2D eigenvalue weighted by Gasteiger charge is -2.38. The zero-order valence-corrected chi connectivity index (χ0v) is 9.52. The van der Waals surface area contributed by atoms with Crippen LogP contribution in [0.5, 0.6) is 0 Å². The number of hydrogen-bond acceptors (Lipinski definition) is 4. The summed E-state index contributed by atoms with van der Waals surface area (Å²) in [5.74, 6) is 0.0802. The van der Waals surface area contributed by atoms with Gasteiger partial charge >= 0.3 is 0 Å². The van der Waals surface area contributed by atoms with E-state index in [1.807, 2.05) is 0 Å². The van der Waals surface area contributed by atoms with Crippen molar-refractivity contribution in [1.29, 1.82) is 0 Å². The molecule has 0 aliphatic carbocycles. The average Bonchev–Trinajstić information content (AvgIpc) is 2.83. The highest BCUT2D eigenvalue weighted by Gasteiger charge is 2.35. The Labute approximate surface area is 95.5 Å². The fraction of sp³-hybridized carbons (Fsp3) is 0.909. The van der Waals surface area contributed by atoms with E-state index in [9.17, 15) is 9.90 Å². The van der Waals surface area contributed by atoms with E-state index in [1.54, 1.807) is 4.90 Å². The second-order valence-corrected chi connectivity index (χ2v) is 4.76. The number of likely N-dealkylation sites (tertiary alicyclic amines) is 1. The molecule has 0 aromatic heterocycles. The van der Waals surface area contributed by atoms with E-state index in [4.69, 9.17) is 10.5 Å². The number of nitrogens with two attached hydrogens (primary N) is 1. The summed E-state index contributed by atoms with van der Waals surface area (Å²) in [5.41, 5.74) is 4.73. The number of hydrogen-bond donors (Lipinski definition) is 2. The largest absolute Gasteiger partial charge is 0.388 e. The minimum atomic E-state index is -0.771. The highest BCUT2D eigenvalue weighted by atomic mass is 16.5. The maximum atomic E-state index is 12.0. The van der Waals surface area contributed by atoms with Crippen LogP contribution >= 0.6 is 0 Å². The van der Waals surface area contributed by atoms with Crippen LogP contribution in [0.3, 0.4) is 0 Å². The van der Waals surface area contributed by atoms with Gasteiger partial charge in [-0.3, -0.25) is 4.79 Å². The molecule has 0 saturated carbocycles. The maximum Gasteiger partial charge on any atom is 0.251 e. The molecule has 2 fully saturated rings. The number of amides is 1. The fourth-order valence-corrected chi connectivity index (χ4v) is 2.32. The molecule has 92 valence electrons. The molecule has 0 aromatic rings. The number of ether oxygens (including phenoxy) is 1. The van der Waals surface area contributed by atoms with E-state index in [-0.39, 0.29) is 18.6 Å². The predicted octanol–water partition coefficient (Wildman–Crippen LogP) is -0.522. The summed E-state index contributed by atoms with van der Waals surface area (Å²) in [6.45, 7) is 2.14. The van der Waals surface area contributed by atoms with Crippen LogP contribution < -0.4 is 5.73 Å². The van der Waals surface area contributed by atoms with Gasteiger partial charge in [0.25, 0.3) is 5.91 Å². The van der Waals surface area contributed by atoms with E-state index in [1.165, 1.54) is 0 Å². The third-order valence-corrected chi connectivity index (χ3v) is 3.59. The van der Waals surface area contributed by atoms with Gasteiger partial charge in [0, 0.05) is 26.2 Å². The van der Waals surface area contributed by atoms with E-state index in [0.29, 0.717) is 32.5 Å². The molecular weight excluding hydrogens is 208 g/mol. The first-order chi connectivity index (χ1) is 7.64. The van der Waals surface area contributed by atoms with Crippen molar-refractivity contribution in [3.05, 3.63) is 0 Å². The number of piperidine rings is 1. The van der Waals surface area contributed by atoms with E-state index in [0.717, 1.165) is 12.8 Å². The minimum absolute atomic E-state index is 0.0802. The monoisotopic (exact) mass is 228 g/mol. The average molecular weight is 228 g/mol. The molecule has 2 saturated heterocycles. The lowest BCUT2D eigenvalue weighted by atomic mass is 9.91. The third-order valence-electron chi connectivity index (χ3n) is 3.59. The van der Waals surface area contributed by atoms with Crippen LogP contribution in [0.2, 0.25) is 0 Å². The Kier molecular flexibility index (Phi) is 3.47. The van der Waals surface area contributed by atoms with E-state index < -0.39 is 5.60 Å². The summed E-state index contributed by atoms with van der Waals surface area (Å²) in [5, 5.41) is 9.95. The van der Waals surface area contributed by atoms with Gasteiger partial charge in [0.05, 0.1) is 5.60 Å². The van der Waals surface area contributed by atoms with E-state index >= 15 is 0 Å². The van der Waals surface area contributed by atoms with Gasteiger partial charge in [-0.05, 0) is 25.7 Å². The summed E-state index contributed by atoms with van der Waals surface area (Å²) in [6.07, 6.45) is 2.70. The number of carbonyl (C=O) groups is 1. The molecule has 16 heavy (non-hydrogen) atoms. The lowest BCUT2D eigenvalue weighted by Crippen LogP contribution is -2.52. The number of aliphatic hydroxyl groups is 1. The minimum Gasteiger partial charge on any atom is -0.388 e. The molecule has 0 spiro atoms. The highest BCUT2D eigenvalue weighted by Crippen LogP contribution is 2.23. The van der Waals surface area contributed by atoms with Gasteiger partial charge < -0.3 is 20.5 Å². The molecule has 1 unspecified atom stereocenters. The number of nitrogens with zero attached hydrogens (tertiary/aromatic N) is 1. The fourth-order valence-electron chi connectivity index (χ4n) is 2.32. The molecule has 0 aromatic carbocycles. The quantitative estimate of drug-likeness (QED) is 0.666. The van der Waals surface area contributed by atoms with Crippen molar-refractivity contribution in [2.24, 2.45) is 5.73 Å². The molecule has 2 aliphatic rings. The first-order valence-electron chi connectivity index (χ1n) is 5.97. The summed E-state index contributed by atoms with van der Waals surface area (Å²) in [7, 11) is 0. The van der Waals surface area contributed by atoms with Crippen molar-refractivity contribution >= 4 is 5.91 Å². The SMILES string of the molecule is NCC1(O)CCN(C(=O)C2CCCO2)CC1. The molecule has 3 N–H and O–H groups in total. The first-order valence-corrected chi connectivity index (χ1v) is 5.97. The van der Waals surface area contributed by atoms with Crippen molar-refractivity contribution in [2.45, 2.75) is 37.4 Å². The van der Waals surface area contributed by atoms with Crippen LogP contribution in [-0.4, -0.2) is 53.9 Å². The molecule has 0 bridgehead atoms. The Hall–Kier alpha value is -0.650. The molecule has 2 heterocycles. The second kappa shape index (κ2) is 4.69. The molecule has 2 aliphatic heterocycles. The second-order valence-electron chi connectivity index (χ2n) is 4.76. The summed E-state index contributed by atoms with van der Waals surface area (Å²) in [4.78, 5) is 13.8. The molecule has 5 heteroatoms. The topological polar surface area (TPSA) is 75.8 Å². The standard InChI is InChI=1S/C11H20N2O3/c12-8-11(15)3-5-13(6-4-11)10(14)9-2-1-7-16-9/h9,15H,1-8,12H2.